The summed E-state index contributed by atoms with van der Waals surface area (Å²) in [6, 6.07) is 5.59. The summed E-state index contributed by atoms with van der Waals surface area (Å²) >= 11 is 1.33. The highest BCUT2D eigenvalue weighted by Gasteiger charge is 2.16. The van der Waals surface area contributed by atoms with E-state index in [-0.39, 0.29) is 11.9 Å². The first kappa shape index (κ1) is 15.4. The molecule has 5 nitrogen and oxygen atoms in total. The fraction of sp³-hybridized carbons (Fsp3) is 0.333. The summed E-state index contributed by atoms with van der Waals surface area (Å²) in [5.74, 6) is 0.260. The second-order valence-electron chi connectivity index (χ2n) is 4.55. The highest BCUT2D eigenvalue weighted by atomic mass is 32.2. The number of nitrogens with zero attached hydrogens (tertiary/aromatic N) is 3. The predicted molar refractivity (Wildman–Crippen MR) is 82.9 cm³/mol. The van der Waals surface area contributed by atoms with Crippen LogP contribution in [0.3, 0.4) is 0 Å². The number of aryl methyl sites for hydroxylation is 1. The van der Waals surface area contributed by atoms with E-state index in [1.165, 1.54) is 11.8 Å². The first-order valence-corrected chi connectivity index (χ1v) is 7.80. The number of hydrogen-bond donors (Lipinski definition) is 1. The van der Waals surface area contributed by atoms with Crippen molar-refractivity contribution in [1.82, 2.24) is 20.3 Å². The first-order valence-electron chi connectivity index (χ1n) is 6.81. The normalized spacial score (nSPS) is 11.9. The van der Waals surface area contributed by atoms with E-state index in [9.17, 15) is 4.79 Å². The minimum atomic E-state index is -0.0593. The molecule has 2 heterocycles. The average molecular weight is 302 g/mol. The number of amides is 1. The van der Waals surface area contributed by atoms with Crippen molar-refractivity contribution in [3.8, 4) is 0 Å². The molecule has 2 aromatic heterocycles. The number of carbonyl (C=O) groups excluding carboxylic acids is 1. The van der Waals surface area contributed by atoms with E-state index < -0.39 is 0 Å². The Bertz CT molecular complexity index is 591. The topological polar surface area (TPSA) is 67.8 Å². The van der Waals surface area contributed by atoms with Crippen LogP contribution in [0, 0.1) is 6.92 Å². The maximum absolute atomic E-state index is 12.1. The summed E-state index contributed by atoms with van der Waals surface area (Å²) in [7, 11) is 0. The minimum Gasteiger partial charge on any atom is -0.347 e. The van der Waals surface area contributed by atoms with E-state index in [4.69, 9.17) is 0 Å². The molecule has 6 heteroatoms. The fourth-order valence-electron chi connectivity index (χ4n) is 1.95. The molecular formula is C15H18N4OS. The Hall–Kier alpha value is -1.95. The Balaban J connectivity index is 1.93. The molecule has 0 saturated carbocycles. The molecule has 2 aromatic rings. The minimum absolute atomic E-state index is 0.0376. The molecule has 0 aliphatic rings. The van der Waals surface area contributed by atoms with Gasteiger partial charge in [0, 0.05) is 18.6 Å². The number of carbonyl (C=O) groups is 1. The van der Waals surface area contributed by atoms with Gasteiger partial charge in [-0.25, -0.2) is 9.97 Å². The van der Waals surface area contributed by atoms with Gasteiger partial charge in [0.05, 0.1) is 17.5 Å². The number of aromatic nitrogens is 3. The monoisotopic (exact) mass is 302 g/mol. The molecule has 0 aliphatic heterocycles. The highest BCUT2D eigenvalue weighted by molar-refractivity contribution is 7.99. The van der Waals surface area contributed by atoms with Crippen LogP contribution in [-0.4, -0.2) is 26.6 Å². The zero-order valence-electron chi connectivity index (χ0n) is 12.1. The lowest BCUT2D eigenvalue weighted by atomic mass is 10.1. The molecule has 0 aromatic carbocycles. The molecule has 1 atom stereocenters. The Morgan fingerprint density at radius 1 is 1.24 bits per heavy atom. The Morgan fingerprint density at radius 3 is 2.62 bits per heavy atom. The van der Waals surface area contributed by atoms with Crippen molar-refractivity contribution in [2.45, 2.75) is 31.5 Å². The molecule has 0 unspecified atom stereocenters. The van der Waals surface area contributed by atoms with Gasteiger partial charge in [0.15, 0.2) is 5.16 Å². The van der Waals surface area contributed by atoms with Gasteiger partial charge in [-0.1, -0.05) is 24.8 Å². The zero-order chi connectivity index (χ0) is 15.1. The zero-order valence-corrected chi connectivity index (χ0v) is 12.9. The largest absolute Gasteiger partial charge is 0.347 e. The van der Waals surface area contributed by atoms with Gasteiger partial charge < -0.3 is 5.32 Å². The molecule has 1 N–H and O–H groups in total. The van der Waals surface area contributed by atoms with E-state index in [2.05, 4.69) is 20.3 Å². The lowest BCUT2D eigenvalue weighted by Crippen LogP contribution is -2.30. The third-order valence-electron chi connectivity index (χ3n) is 3.00. The van der Waals surface area contributed by atoms with E-state index in [0.29, 0.717) is 10.9 Å². The molecule has 0 aliphatic carbocycles. The van der Waals surface area contributed by atoms with Crippen LogP contribution in [0.15, 0.2) is 41.9 Å². The number of rotatable bonds is 6. The Labute approximate surface area is 128 Å². The molecule has 110 valence electrons. The van der Waals surface area contributed by atoms with Gasteiger partial charge in [0.25, 0.3) is 0 Å². The predicted octanol–water partition coefficient (Wildman–Crippen LogP) is 2.54. The first-order chi connectivity index (χ1) is 10.2. The van der Waals surface area contributed by atoms with Gasteiger partial charge in [0.2, 0.25) is 5.91 Å². The van der Waals surface area contributed by atoms with Crippen molar-refractivity contribution in [3.05, 3.63) is 48.0 Å². The number of hydrogen-bond acceptors (Lipinski definition) is 5. The van der Waals surface area contributed by atoms with Gasteiger partial charge in [-0.05, 0) is 31.0 Å². The molecule has 2 rings (SSSR count). The maximum atomic E-state index is 12.1. The van der Waals surface area contributed by atoms with Gasteiger partial charge in [-0.2, -0.15) is 0 Å². The van der Waals surface area contributed by atoms with Gasteiger partial charge in [0.1, 0.15) is 0 Å². The molecule has 21 heavy (non-hydrogen) atoms. The van der Waals surface area contributed by atoms with Crippen LogP contribution >= 0.6 is 11.8 Å². The number of nitrogens with one attached hydrogen (secondary N) is 1. The smallest absolute Gasteiger partial charge is 0.231 e. The summed E-state index contributed by atoms with van der Waals surface area (Å²) in [6.07, 6.45) is 5.89. The SMILES string of the molecule is CC[C@H](NC(=O)CSc1ncccn1)c1ncccc1C. The Kier molecular flexibility index (Phi) is 5.68. The van der Waals surface area contributed by atoms with Gasteiger partial charge in [-0.15, -0.1) is 0 Å². The van der Waals surface area contributed by atoms with E-state index in [0.717, 1.165) is 17.7 Å². The van der Waals surface area contributed by atoms with Crippen LogP contribution in [0.1, 0.15) is 30.6 Å². The summed E-state index contributed by atoms with van der Waals surface area (Å²) in [6.45, 7) is 4.04. The fourth-order valence-corrected chi connectivity index (χ4v) is 2.57. The van der Waals surface area contributed by atoms with E-state index >= 15 is 0 Å². The van der Waals surface area contributed by atoms with Crippen LogP contribution in [0.5, 0.6) is 0 Å². The molecular weight excluding hydrogens is 284 g/mol. The summed E-state index contributed by atoms with van der Waals surface area (Å²) in [4.78, 5) is 24.6. The molecule has 0 saturated heterocycles. The molecule has 0 fully saturated rings. The second-order valence-corrected chi connectivity index (χ2v) is 5.50. The van der Waals surface area contributed by atoms with Crippen LogP contribution in [0.2, 0.25) is 0 Å². The van der Waals surface area contributed by atoms with Crippen molar-refractivity contribution >= 4 is 17.7 Å². The standard InChI is InChI=1S/C15H18N4OS/c1-3-12(14-11(2)6-4-7-16-14)19-13(20)10-21-15-17-8-5-9-18-15/h4-9,12H,3,10H2,1-2H3,(H,19,20)/t12-/m0/s1. The molecule has 1 amide bonds. The Morgan fingerprint density at radius 2 is 1.95 bits per heavy atom. The maximum Gasteiger partial charge on any atom is 0.231 e. The molecule has 0 bridgehead atoms. The molecule has 0 radical (unpaired) electrons. The lowest BCUT2D eigenvalue weighted by molar-refractivity contribution is -0.119. The van der Waals surface area contributed by atoms with Crippen LogP contribution < -0.4 is 5.32 Å². The van der Waals surface area contributed by atoms with Gasteiger partial charge in [-0.3, -0.25) is 9.78 Å². The quantitative estimate of drug-likeness (QED) is 0.656. The van der Waals surface area contributed by atoms with Crippen molar-refractivity contribution in [2.75, 3.05) is 5.75 Å². The third kappa shape index (κ3) is 4.53. The number of pyridine rings is 1. The van der Waals surface area contributed by atoms with Crippen molar-refractivity contribution in [2.24, 2.45) is 0 Å². The van der Waals surface area contributed by atoms with Crippen LogP contribution in [0.4, 0.5) is 0 Å². The third-order valence-corrected chi connectivity index (χ3v) is 3.87. The van der Waals surface area contributed by atoms with E-state index in [1.807, 2.05) is 26.0 Å². The molecule has 0 spiro atoms. The van der Waals surface area contributed by atoms with E-state index in [1.54, 1.807) is 24.7 Å². The van der Waals surface area contributed by atoms with Crippen molar-refractivity contribution in [3.63, 3.8) is 0 Å². The summed E-state index contributed by atoms with van der Waals surface area (Å²) < 4.78 is 0. The second kappa shape index (κ2) is 7.73. The highest BCUT2D eigenvalue weighted by Crippen LogP contribution is 2.18. The number of thioether (sulfide) groups is 1. The van der Waals surface area contributed by atoms with Crippen molar-refractivity contribution < 1.29 is 4.79 Å². The van der Waals surface area contributed by atoms with Crippen LogP contribution in [-0.2, 0) is 4.79 Å². The lowest BCUT2D eigenvalue weighted by Gasteiger charge is -2.18. The summed E-state index contributed by atoms with van der Waals surface area (Å²) in [5, 5.41) is 3.62. The van der Waals surface area contributed by atoms with Gasteiger partial charge >= 0.3 is 0 Å². The summed E-state index contributed by atoms with van der Waals surface area (Å²) in [5.41, 5.74) is 2.01. The average Bonchev–Trinajstić information content (AvgIpc) is 2.52. The van der Waals surface area contributed by atoms with Crippen LogP contribution in [0.25, 0.3) is 0 Å². The van der Waals surface area contributed by atoms with Crippen molar-refractivity contribution in [1.29, 1.82) is 0 Å².